The molecule has 1 atom stereocenters. The molecule has 1 aliphatic rings. The fourth-order valence-electron chi connectivity index (χ4n) is 2.09. The lowest BCUT2D eigenvalue weighted by Crippen LogP contribution is -2.30. The maximum absolute atomic E-state index is 13.6. The molecular weight excluding hydrogens is 210 g/mol. The minimum absolute atomic E-state index is 0.109. The summed E-state index contributed by atoms with van der Waals surface area (Å²) in [4.78, 5) is 1.79. The molecule has 1 aliphatic heterocycles. The summed E-state index contributed by atoms with van der Waals surface area (Å²) in [5, 5.41) is 3.25. The normalized spacial score (nSPS) is 21.9. The predicted molar refractivity (Wildman–Crippen MR) is 60.6 cm³/mol. The molecule has 0 saturated carbocycles. The first-order chi connectivity index (χ1) is 7.68. The molecule has 88 valence electrons. The van der Waals surface area contributed by atoms with E-state index in [4.69, 9.17) is 0 Å². The highest BCUT2D eigenvalue weighted by molar-refractivity contribution is 5.49. The van der Waals surface area contributed by atoms with Crippen molar-refractivity contribution in [3.05, 3.63) is 29.8 Å². The summed E-state index contributed by atoms with van der Waals surface area (Å²) in [6.45, 7) is 5.06. The van der Waals surface area contributed by atoms with Crippen molar-refractivity contribution in [1.82, 2.24) is 5.32 Å². The molecule has 0 radical (unpaired) electrons. The van der Waals surface area contributed by atoms with Gasteiger partial charge < -0.3 is 10.2 Å². The summed E-state index contributed by atoms with van der Waals surface area (Å²) in [5.41, 5.74) is 0.109. The van der Waals surface area contributed by atoms with E-state index in [1.54, 1.807) is 4.90 Å². The molecule has 1 heterocycles. The first-order valence-corrected chi connectivity index (χ1v) is 5.58. The van der Waals surface area contributed by atoms with Gasteiger partial charge in [-0.2, -0.15) is 0 Å². The zero-order chi connectivity index (χ0) is 11.5. The maximum atomic E-state index is 13.6. The summed E-state index contributed by atoms with van der Waals surface area (Å²) in [7, 11) is 0. The minimum atomic E-state index is -0.478. The van der Waals surface area contributed by atoms with Crippen molar-refractivity contribution in [2.24, 2.45) is 5.92 Å². The Morgan fingerprint density at radius 2 is 2.00 bits per heavy atom. The van der Waals surface area contributed by atoms with Crippen LogP contribution in [0.3, 0.4) is 0 Å². The van der Waals surface area contributed by atoms with Gasteiger partial charge in [0.25, 0.3) is 0 Å². The van der Waals surface area contributed by atoms with Gasteiger partial charge in [0.15, 0.2) is 0 Å². The van der Waals surface area contributed by atoms with Crippen molar-refractivity contribution in [1.29, 1.82) is 0 Å². The second kappa shape index (κ2) is 4.78. The molecule has 1 unspecified atom stereocenters. The fourth-order valence-corrected chi connectivity index (χ4v) is 2.09. The molecule has 4 heteroatoms. The molecule has 1 fully saturated rings. The Bertz CT molecular complexity index is 348. The summed E-state index contributed by atoms with van der Waals surface area (Å²) >= 11 is 0. The number of hydrogen-bond acceptors (Lipinski definition) is 2. The standard InChI is InChI=1S/C12H16F2N2/c1-9-7-15-5-6-16(8-9)12-10(13)3-2-4-11(12)14/h2-4,9,15H,5-8H2,1H3. The minimum Gasteiger partial charge on any atom is -0.365 e. The summed E-state index contributed by atoms with van der Waals surface area (Å²) < 4.78 is 27.2. The third kappa shape index (κ3) is 2.32. The highest BCUT2D eigenvalue weighted by Crippen LogP contribution is 2.24. The number of anilines is 1. The fraction of sp³-hybridized carbons (Fsp3) is 0.500. The van der Waals surface area contributed by atoms with Crippen LogP contribution in [0.25, 0.3) is 0 Å². The molecule has 0 aliphatic carbocycles. The Kier molecular flexibility index (Phi) is 3.39. The Morgan fingerprint density at radius 1 is 1.31 bits per heavy atom. The van der Waals surface area contributed by atoms with Crippen LogP contribution in [-0.4, -0.2) is 26.2 Å². The first-order valence-electron chi connectivity index (χ1n) is 5.58. The second-order valence-corrected chi connectivity index (χ2v) is 4.33. The highest BCUT2D eigenvalue weighted by atomic mass is 19.1. The molecule has 1 aromatic rings. The van der Waals surface area contributed by atoms with Crippen molar-refractivity contribution in [2.45, 2.75) is 6.92 Å². The van der Waals surface area contributed by atoms with Gasteiger partial charge in [-0.1, -0.05) is 13.0 Å². The van der Waals surface area contributed by atoms with Crippen LogP contribution in [0, 0.1) is 17.6 Å². The average Bonchev–Trinajstić information content (AvgIpc) is 2.43. The highest BCUT2D eigenvalue weighted by Gasteiger charge is 2.20. The van der Waals surface area contributed by atoms with Gasteiger partial charge in [-0.25, -0.2) is 8.78 Å². The third-order valence-corrected chi connectivity index (χ3v) is 2.84. The number of nitrogens with zero attached hydrogens (tertiary/aromatic N) is 1. The lowest BCUT2D eigenvalue weighted by Gasteiger charge is -2.25. The molecule has 1 N–H and O–H groups in total. The van der Waals surface area contributed by atoms with Crippen LogP contribution in [0.15, 0.2) is 18.2 Å². The topological polar surface area (TPSA) is 15.3 Å². The summed E-state index contributed by atoms with van der Waals surface area (Å²) in [6.07, 6.45) is 0. The van der Waals surface area contributed by atoms with Gasteiger partial charge in [0, 0.05) is 19.6 Å². The van der Waals surface area contributed by atoms with Crippen molar-refractivity contribution < 1.29 is 8.78 Å². The molecule has 1 aromatic carbocycles. The molecule has 0 amide bonds. The van der Waals surface area contributed by atoms with Crippen LogP contribution in [0.1, 0.15) is 6.92 Å². The van der Waals surface area contributed by atoms with Crippen molar-refractivity contribution in [3.8, 4) is 0 Å². The van der Waals surface area contributed by atoms with Crippen LogP contribution in [0.2, 0.25) is 0 Å². The third-order valence-electron chi connectivity index (χ3n) is 2.84. The van der Waals surface area contributed by atoms with E-state index in [9.17, 15) is 8.78 Å². The number of hydrogen-bond donors (Lipinski definition) is 1. The number of rotatable bonds is 1. The zero-order valence-corrected chi connectivity index (χ0v) is 9.34. The van der Waals surface area contributed by atoms with Gasteiger partial charge in [-0.05, 0) is 24.6 Å². The monoisotopic (exact) mass is 226 g/mol. The molecule has 2 rings (SSSR count). The van der Waals surface area contributed by atoms with Crippen LogP contribution in [0.5, 0.6) is 0 Å². The molecule has 2 nitrogen and oxygen atoms in total. The van der Waals surface area contributed by atoms with Crippen LogP contribution < -0.4 is 10.2 Å². The molecule has 0 aromatic heterocycles. The lowest BCUT2D eigenvalue weighted by molar-refractivity contribution is 0.543. The Hall–Kier alpha value is -1.16. The van der Waals surface area contributed by atoms with Gasteiger partial charge in [-0.15, -0.1) is 0 Å². The quantitative estimate of drug-likeness (QED) is 0.788. The van der Waals surface area contributed by atoms with E-state index < -0.39 is 11.6 Å². The molecule has 0 bridgehead atoms. The second-order valence-electron chi connectivity index (χ2n) is 4.33. The van der Waals surface area contributed by atoms with E-state index in [1.807, 2.05) is 0 Å². The SMILES string of the molecule is CC1CNCCN(c2c(F)cccc2F)C1. The lowest BCUT2D eigenvalue weighted by atomic mass is 10.1. The first kappa shape index (κ1) is 11.3. The zero-order valence-electron chi connectivity index (χ0n) is 9.34. The van der Waals surface area contributed by atoms with E-state index in [0.29, 0.717) is 19.0 Å². The smallest absolute Gasteiger partial charge is 0.149 e. The van der Waals surface area contributed by atoms with Crippen LogP contribution in [0.4, 0.5) is 14.5 Å². The van der Waals surface area contributed by atoms with Crippen molar-refractivity contribution >= 4 is 5.69 Å². The Labute approximate surface area is 94.3 Å². The number of para-hydroxylation sites is 1. The summed E-state index contributed by atoms with van der Waals surface area (Å²) in [6, 6.07) is 4.01. The molecule has 0 spiro atoms. The Balaban J connectivity index is 2.28. The summed E-state index contributed by atoms with van der Waals surface area (Å²) in [5.74, 6) is -0.565. The average molecular weight is 226 g/mol. The van der Waals surface area contributed by atoms with E-state index >= 15 is 0 Å². The van der Waals surface area contributed by atoms with Crippen LogP contribution >= 0.6 is 0 Å². The number of halogens is 2. The van der Waals surface area contributed by atoms with E-state index in [0.717, 1.165) is 13.1 Å². The van der Waals surface area contributed by atoms with E-state index in [2.05, 4.69) is 12.2 Å². The molecule has 1 saturated heterocycles. The maximum Gasteiger partial charge on any atom is 0.149 e. The van der Waals surface area contributed by atoms with Crippen LogP contribution in [-0.2, 0) is 0 Å². The largest absolute Gasteiger partial charge is 0.365 e. The van der Waals surface area contributed by atoms with Crippen molar-refractivity contribution in [3.63, 3.8) is 0 Å². The van der Waals surface area contributed by atoms with Gasteiger partial charge in [0.2, 0.25) is 0 Å². The molecule has 16 heavy (non-hydrogen) atoms. The Morgan fingerprint density at radius 3 is 2.69 bits per heavy atom. The van der Waals surface area contributed by atoms with Gasteiger partial charge in [0.1, 0.15) is 17.3 Å². The van der Waals surface area contributed by atoms with Crippen molar-refractivity contribution in [2.75, 3.05) is 31.1 Å². The van der Waals surface area contributed by atoms with Gasteiger partial charge in [-0.3, -0.25) is 0 Å². The number of nitrogens with one attached hydrogen (secondary N) is 1. The van der Waals surface area contributed by atoms with E-state index in [1.165, 1.54) is 18.2 Å². The molecular formula is C12H16F2N2. The van der Waals surface area contributed by atoms with E-state index in [-0.39, 0.29) is 5.69 Å². The van der Waals surface area contributed by atoms with Gasteiger partial charge in [0.05, 0.1) is 0 Å². The van der Waals surface area contributed by atoms with Gasteiger partial charge >= 0.3 is 0 Å². The number of benzene rings is 1. The predicted octanol–water partition coefficient (Wildman–Crippen LogP) is 2.01.